The summed E-state index contributed by atoms with van der Waals surface area (Å²) < 4.78 is 0. The second kappa shape index (κ2) is 6.38. The maximum absolute atomic E-state index is 13.1. The number of nitrogens with one attached hydrogen (secondary N) is 1. The molecule has 5 rings (SSSR count). The SMILES string of the molecule is CCN1CC(=O)N2[C@@H](c3ccc(Cl)cc3)c3[nH]c4ccccc4c3C[C@@H]2C1=O. The molecule has 0 aliphatic carbocycles. The van der Waals surface area contributed by atoms with Crippen molar-refractivity contribution in [3.63, 3.8) is 0 Å². The number of carbonyl (C=O) groups excluding carboxylic acids is 2. The van der Waals surface area contributed by atoms with E-state index in [9.17, 15) is 9.59 Å². The highest BCUT2D eigenvalue weighted by Crippen LogP contribution is 2.42. The molecule has 3 heterocycles. The van der Waals surface area contributed by atoms with Crippen molar-refractivity contribution in [1.82, 2.24) is 14.8 Å². The van der Waals surface area contributed by atoms with Crippen LogP contribution in [0.25, 0.3) is 10.9 Å². The van der Waals surface area contributed by atoms with Gasteiger partial charge in [0, 0.05) is 34.6 Å². The third-order valence-corrected chi connectivity index (χ3v) is 6.16. The van der Waals surface area contributed by atoms with Crippen LogP contribution in [0.2, 0.25) is 5.02 Å². The number of halogens is 1. The van der Waals surface area contributed by atoms with Gasteiger partial charge in [0.25, 0.3) is 0 Å². The first-order chi connectivity index (χ1) is 13.6. The number of aromatic amines is 1. The number of benzene rings is 2. The molecule has 0 bridgehead atoms. The zero-order valence-corrected chi connectivity index (χ0v) is 16.2. The van der Waals surface area contributed by atoms with Crippen LogP contribution in [-0.4, -0.2) is 45.7 Å². The number of carbonyl (C=O) groups is 2. The Kier molecular flexibility index (Phi) is 3.95. The van der Waals surface area contributed by atoms with Gasteiger partial charge in [-0.25, -0.2) is 0 Å². The summed E-state index contributed by atoms with van der Waals surface area (Å²) in [5, 5.41) is 1.76. The van der Waals surface area contributed by atoms with Gasteiger partial charge in [-0.1, -0.05) is 41.9 Å². The van der Waals surface area contributed by atoms with E-state index in [4.69, 9.17) is 11.6 Å². The van der Waals surface area contributed by atoms with Crippen LogP contribution in [0.3, 0.4) is 0 Å². The highest BCUT2D eigenvalue weighted by molar-refractivity contribution is 6.30. The average Bonchev–Trinajstić information content (AvgIpc) is 3.08. The zero-order valence-electron chi connectivity index (χ0n) is 15.5. The summed E-state index contributed by atoms with van der Waals surface area (Å²) in [6.07, 6.45) is 0.532. The maximum Gasteiger partial charge on any atom is 0.246 e. The van der Waals surface area contributed by atoms with Crippen molar-refractivity contribution < 1.29 is 9.59 Å². The lowest BCUT2D eigenvalue weighted by Crippen LogP contribution is -2.62. The van der Waals surface area contributed by atoms with Crippen LogP contribution in [0.5, 0.6) is 0 Å². The second-order valence-corrected chi connectivity index (χ2v) is 7.83. The summed E-state index contributed by atoms with van der Waals surface area (Å²) in [4.78, 5) is 33.2. The number of piperazine rings is 1. The highest BCUT2D eigenvalue weighted by Gasteiger charge is 2.47. The average molecular weight is 394 g/mol. The van der Waals surface area contributed by atoms with Crippen LogP contribution in [0.15, 0.2) is 48.5 Å². The number of hydrogen-bond donors (Lipinski definition) is 1. The molecule has 2 aliphatic rings. The Hall–Kier alpha value is -2.79. The van der Waals surface area contributed by atoms with E-state index < -0.39 is 6.04 Å². The molecule has 0 unspecified atom stereocenters. The number of para-hydroxylation sites is 1. The lowest BCUT2D eigenvalue weighted by Gasteiger charge is -2.47. The number of fused-ring (bicyclic) bond motifs is 4. The van der Waals surface area contributed by atoms with E-state index in [2.05, 4.69) is 11.1 Å². The highest BCUT2D eigenvalue weighted by atomic mass is 35.5. The Balaban J connectivity index is 1.74. The van der Waals surface area contributed by atoms with Gasteiger partial charge in [0.15, 0.2) is 0 Å². The minimum absolute atomic E-state index is 0.0179. The number of likely N-dealkylation sites (N-methyl/N-ethyl adjacent to an activating group) is 1. The van der Waals surface area contributed by atoms with E-state index in [-0.39, 0.29) is 24.4 Å². The molecular weight excluding hydrogens is 374 g/mol. The molecule has 1 N–H and O–H groups in total. The molecule has 28 heavy (non-hydrogen) atoms. The predicted molar refractivity (Wildman–Crippen MR) is 108 cm³/mol. The van der Waals surface area contributed by atoms with Crippen molar-refractivity contribution in [1.29, 1.82) is 0 Å². The third-order valence-electron chi connectivity index (χ3n) is 5.91. The zero-order chi connectivity index (χ0) is 19.4. The Morgan fingerprint density at radius 3 is 2.61 bits per heavy atom. The number of nitrogens with zero attached hydrogens (tertiary/aromatic N) is 2. The number of aromatic nitrogens is 1. The van der Waals surface area contributed by atoms with Gasteiger partial charge in [-0.2, -0.15) is 0 Å². The lowest BCUT2D eigenvalue weighted by molar-refractivity contribution is -0.158. The minimum Gasteiger partial charge on any atom is -0.356 e. The summed E-state index contributed by atoms with van der Waals surface area (Å²) in [7, 11) is 0. The summed E-state index contributed by atoms with van der Waals surface area (Å²) in [5.41, 5.74) is 4.09. The first-order valence-corrected chi connectivity index (χ1v) is 9.91. The predicted octanol–water partition coefficient (Wildman–Crippen LogP) is 3.53. The van der Waals surface area contributed by atoms with Crippen molar-refractivity contribution in [3.05, 3.63) is 70.4 Å². The first kappa shape index (κ1) is 17.3. The molecule has 0 radical (unpaired) electrons. The van der Waals surface area contributed by atoms with E-state index in [1.54, 1.807) is 9.80 Å². The fourth-order valence-corrected chi connectivity index (χ4v) is 4.71. The third kappa shape index (κ3) is 2.46. The number of amides is 2. The summed E-state index contributed by atoms with van der Waals surface area (Å²) in [6.45, 7) is 2.59. The molecule has 3 aromatic rings. The van der Waals surface area contributed by atoms with Crippen molar-refractivity contribution in [3.8, 4) is 0 Å². The minimum atomic E-state index is -0.478. The molecule has 142 valence electrons. The molecule has 2 atom stereocenters. The molecule has 2 aliphatic heterocycles. The lowest BCUT2D eigenvalue weighted by atomic mass is 9.86. The molecule has 1 fully saturated rings. The van der Waals surface area contributed by atoms with Gasteiger partial charge in [-0.3, -0.25) is 9.59 Å². The van der Waals surface area contributed by atoms with Crippen LogP contribution in [0.4, 0.5) is 0 Å². The van der Waals surface area contributed by atoms with E-state index >= 15 is 0 Å². The van der Waals surface area contributed by atoms with Gasteiger partial charge < -0.3 is 14.8 Å². The van der Waals surface area contributed by atoms with Gasteiger partial charge in [-0.15, -0.1) is 0 Å². The Morgan fingerprint density at radius 1 is 1.11 bits per heavy atom. The molecule has 2 amide bonds. The maximum atomic E-state index is 13.1. The van der Waals surface area contributed by atoms with E-state index in [1.165, 1.54) is 0 Å². The molecule has 5 nitrogen and oxygen atoms in total. The number of rotatable bonds is 2. The van der Waals surface area contributed by atoms with Crippen LogP contribution in [0, 0.1) is 0 Å². The molecule has 0 spiro atoms. The molecule has 0 saturated carbocycles. The summed E-state index contributed by atoms with van der Waals surface area (Å²) >= 11 is 6.09. The quantitative estimate of drug-likeness (QED) is 0.724. The first-order valence-electron chi connectivity index (χ1n) is 9.53. The van der Waals surface area contributed by atoms with Crippen molar-refractivity contribution in [2.75, 3.05) is 13.1 Å². The van der Waals surface area contributed by atoms with Gasteiger partial charge in [0.2, 0.25) is 11.8 Å². The number of hydrogen-bond acceptors (Lipinski definition) is 2. The monoisotopic (exact) mass is 393 g/mol. The van der Waals surface area contributed by atoms with Crippen LogP contribution in [0.1, 0.15) is 29.8 Å². The van der Waals surface area contributed by atoms with Gasteiger partial charge in [-0.05, 0) is 36.2 Å². The molecular formula is C22H20ClN3O2. The van der Waals surface area contributed by atoms with E-state index in [1.807, 2.05) is 49.4 Å². The smallest absolute Gasteiger partial charge is 0.246 e. The second-order valence-electron chi connectivity index (χ2n) is 7.39. The fraction of sp³-hybridized carbons (Fsp3) is 0.273. The van der Waals surface area contributed by atoms with Crippen molar-refractivity contribution in [2.24, 2.45) is 0 Å². The Morgan fingerprint density at radius 2 is 1.86 bits per heavy atom. The standard InChI is InChI=1S/C22H20ClN3O2/c1-2-25-12-19(27)26-18(22(25)28)11-16-15-5-3-4-6-17(15)24-20(16)21(26)13-7-9-14(23)10-8-13/h3-10,18,21,24H,2,11-12H2,1H3/t18-,21+/m1/s1. The Bertz CT molecular complexity index is 1090. The summed E-state index contributed by atoms with van der Waals surface area (Å²) in [6, 6.07) is 14.8. The normalized spacial score (nSPS) is 21.8. The molecule has 6 heteroatoms. The van der Waals surface area contributed by atoms with Crippen LogP contribution in [-0.2, 0) is 16.0 Å². The molecule has 2 aromatic carbocycles. The van der Waals surface area contributed by atoms with Gasteiger partial charge in [0.1, 0.15) is 6.04 Å². The number of H-pyrrole nitrogens is 1. The van der Waals surface area contributed by atoms with Gasteiger partial charge >= 0.3 is 0 Å². The molecule has 1 aromatic heterocycles. The van der Waals surface area contributed by atoms with Crippen molar-refractivity contribution >= 4 is 34.3 Å². The van der Waals surface area contributed by atoms with Crippen LogP contribution >= 0.6 is 11.6 Å². The summed E-state index contributed by atoms with van der Waals surface area (Å²) in [5.74, 6) is 0.00713. The van der Waals surface area contributed by atoms with Gasteiger partial charge in [0.05, 0.1) is 12.6 Å². The van der Waals surface area contributed by atoms with Crippen LogP contribution < -0.4 is 0 Å². The molecule has 1 saturated heterocycles. The van der Waals surface area contributed by atoms with Crippen molar-refractivity contribution in [2.45, 2.75) is 25.4 Å². The topological polar surface area (TPSA) is 56.4 Å². The largest absolute Gasteiger partial charge is 0.356 e. The van der Waals surface area contributed by atoms with E-state index in [0.29, 0.717) is 18.0 Å². The Labute approximate surface area is 167 Å². The van der Waals surface area contributed by atoms with E-state index in [0.717, 1.165) is 27.7 Å². The fourth-order valence-electron chi connectivity index (χ4n) is 4.58.